The highest BCUT2D eigenvalue weighted by molar-refractivity contribution is 7.89. The van der Waals surface area contributed by atoms with Gasteiger partial charge in [-0.25, -0.2) is 18.4 Å². The summed E-state index contributed by atoms with van der Waals surface area (Å²) >= 11 is 0. The van der Waals surface area contributed by atoms with Crippen LogP contribution in [0.1, 0.15) is 29.4 Å². The van der Waals surface area contributed by atoms with Crippen molar-refractivity contribution in [3.05, 3.63) is 71.0 Å². The molecule has 7 nitrogen and oxygen atoms in total. The zero-order valence-electron chi connectivity index (χ0n) is 16.9. The lowest BCUT2D eigenvalue weighted by atomic mass is 9.96. The van der Waals surface area contributed by atoms with Gasteiger partial charge in [0.2, 0.25) is 10.0 Å². The Balaban J connectivity index is 1.57. The molecule has 8 heteroatoms. The van der Waals surface area contributed by atoms with Crippen molar-refractivity contribution in [3.63, 3.8) is 0 Å². The monoisotopic (exact) mass is 425 g/mol. The number of hydrogen-bond donors (Lipinski definition) is 0. The van der Waals surface area contributed by atoms with Crippen molar-refractivity contribution in [2.45, 2.75) is 39.5 Å². The lowest BCUT2D eigenvalue weighted by molar-refractivity contribution is -0.150. The summed E-state index contributed by atoms with van der Waals surface area (Å²) < 4.78 is 32.1. The largest absolute Gasteiger partial charge is 0.458 e. The maximum Gasteiger partial charge on any atom is 0.325 e. The van der Waals surface area contributed by atoms with Gasteiger partial charge in [0.1, 0.15) is 12.6 Å². The minimum Gasteiger partial charge on any atom is -0.458 e. The quantitative estimate of drug-likeness (QED) is 0.584. The maximum atomic E-state index is 13.0. The molecule has 0 aliphatic carbocycles. The third-order valence-electron chi connectivity index (χ3n) is 5.39. The second-order valence-corrected chi connectivity index (χ2v) is 9.50. The number of rotatable bonds is 5. The lowest BCUT2D eigenvalue weighted by Gasteiger charge is -2.34. The van der Waals surface area contributed by atoms with Crippen LogP contribution in [-0.4, -0.2) is 40.5 Å². The first-order chi connectivity index (χ1) is 14.4. The Labute approximate surface area is 175 Å². The molecular weight excluding hydrogens is 402 g/mol. The first-order valence-corrected chi connectivity index (χ1v) is 11.4. The van der Waals surface area contributed by atoms with Crippen LogP contribution in [0.2, 0.25) is 0 Å². The molecule has 0 spiro atoms. The third-order valence-corrected chi connectivity index (χ3v) is 7.22. The number of esters is 1. The summed E-state index contributed by atoms with van der Waals surface area (Å²) in [5.74, 6) is -0.648. The number of carbonyl (C=O) groups excluding carboxylic acids is 1. The maximum absolute atomic E-state index is 13.0. The molecule has 0 bridgehead atoms. The lowest BCUT2D eigenvalue weighted by Crippen LogP contribution is -2.49. The van der Waals surface area contributed by atoms with Crippen LogP contribution in [0.4, 0.5) is 0 Å². The molecule has 2 aromatic carbocycles. The number of aryl methyl sites for hydroxylation is 1. The van der Waals surface area contributed by atoms with E-state index in [2.05, 4.69) is 9.97 Å². The predicted molar refractivity (Wildman–Crippen MR) is 113 cm³/mol. The van der Waals surface area contributed by atoms with E-state index in [4.69, 9.17) is 4.74 Å². The fraction of sp³-hybridized carbons (Fsp3) is 0.318. The second kappa shape index (κ2) is 8.12. The Hall–Kier alpha value is -2.84. The van der Waals surface area contributed by atoms with Gasteiger partial charge in [-0.1, -0.05) is 36.4 Å². The van der Waals surface area contributed by atoms with Crippen LogP contribution in [0.5, 0.6) is 0 Å². The Morgan fingerprint density at radius 2 is 1.70 bits per heavy atom. The van der Waals surface area contributed by atoms with Crippen molar-refractivity contribution in [2.75, 3.05) is 5.75 Å². The van der Waals surface area contributed by atoms with Crippen LogP contribution in [0.25, 0.3) is 11.0 Å². The van der Waals surface area contributed by atoms with Gasteiger partial charge in [-0.3, -0.25) is 4.79 Å². The number of hydrogen-bond acceptors (Lipinski definition) is 6. The van der Waals surface area contributed by atoms with Crippen LogP contribution in [-0.2, 0) is 39.1 Å². The molecular formula is C22H23N3O4S. The number of para-hydroxylation sites is 2. The van der Waals surface area contributed by atoms with Gasteiger partial charge >= 0.3 is 5.97 Å². The molecule has 1 aliphatic heterocycles. The minimum absolute atomic E-state index is 0.0549. The summed E-state index contributed by atoms with van der Waals surface area (Å²) in [4.78, 5) is 22.0. The molecule has 0 amide bonds. The van der Waals surface area contributed by atoms with Crippen molar-refractivity contribution in [1.82, 2.24) is 14.3 Å². The van der Waals surface area contributed by atoms with E-state index in [-0.39, 0.29) is 25.3 Å². The van der Waals surface area contributed by atoms with Crippen molar-refractivity contribution in [3.8, 4) is 0 Å². The van der Waals surface area contributed by atoms with E-state index in [0.717, 1.165) is 22.2 Å². The molecule has 0 fully saturated rings. The number of sulfonamides is 1. The SMILES string of the molecule is CCS(=O)(=O)N1Cc2ccccc2CC1C(=O)OCc1nc2ccccc2nc1C. The standard InChI is InChI=1S/C22H23N3O4S/c1-3-30(27,28)25-13-17-9-5-4-8-16(17)12-21(25)22(26)29-14-20-15(2)23-18-10-6-7-11-19(18)24-20/h4-11,21H,3,12-14H2,1-2H3. The zero-order chi connectivity index (χ0) is 21.3. The molecule has 3 aromatic rings. The number of nitrogens with zero attached hydrogens (tertiary/aromatic N) is 3. The second-order valence-electron chi connectivity index (χ2n) is 7.29. The average Bonchev–Trinajstić information content (AvgIpc) is 2.76. The van der Waals surface area contributed by atoms with E-state index < -0.39 is 22.0 Å². The highest BCUT2D eigenvalue weighted by atomic mass is 32.2. The van der Waals surface area contributed by atoms with Crippen LogP contribution in [0, 0.1) is 6.92 Å². The van der Waals surface area contributed by atoms with E-state index >= 15 is 0 Å². The van der Waals surface area contributed by atoms with Crippen LogP contribution in [0.15, 0.2) is 48.5 Å². The first kappa shape index (κ1) is 20.4. The smallest absolute Gasteiger partial charge is 0.325 e. The van der Waals surface area contributed by atoms with Gasteiger partial charge in [0, 0.05) is 13.0 Å². The van der Waals surface area contributed by atoms with Crippen molar-refractivity contribution < 1.29 is 17.9 Å². The minimum atomic E-state index is -3.57. The molecule has 1 atom stereocenters. The predicted octanol–water partition coefficient (Wildman–Crippen LogP) is 2.76. The molecule has 4 rings (SSSR count). The van der Waals surface area contributed by atoms with E-state index in [1.807, 2.05) is 55.5 Å². The van der Waals surface area contributed by atoms with Gasteiger partial charge in [-0.05, 0) is 37.1 Å². The van der Waals surface area contributed by atoms with E-state index in [0.29, 0.717) is 11.4 Å². The van der Waals surface area contributed by atoms with E-state index in [1.165, 1.54) is 4.31 Å². The van der Waals surface area contributed by atoms with Crippen molar-refractivity contribution in [2.24, 2.45) is 0 Å². The van der Waals surface area contributed by atoms with Crippen LogP contribution < -0.4 is 0 Å². The summed E-state index contributed by atoms with van der Waals surface area (Å²) in [5, 5.41) is 0. The van der Waals surface area contributed by atoms with Crippen LogP contribution >= 0.6 is 0 Å². The van der Waals surface area contributed by atoms with Gasteiger partial charge in [0.15, 0.2) is 0 Å². The normalized spacial score (nSPS) is 16.9. The van der Waals surface area contributed by atoms with Gasteiger partial charge in [-0.15, -0.1) is 0 Å². The molecule has 1 unspecified atom stereocenters. The number of carbonyl (C=O) groups is 1. The summed E-state index contributed by atoms with van der Waals surface area (Å²) in [6.45, 7) is 3.50. The first-order valence-electron chi connectivity index (χ1n) is 9.84. The summed E-state index contributed by atoms with van der Waals surface area (Å²) in [7, 11) is -3.57. The molecule has 0 saturated heterocycles. The molecule has 30 heavy (non-hydrogen) atoms. The summed E-state index contributed by atoms with van der Waals surface area (Å²) in [5.41, 5.74) is 4.60. The van der Waals surface area contributed by atoms with Crippen molar-refractivity contribution >= 4 is 27.0 Å². The molecule has 0 radical (unpaired) electrons. The number of ether oxygens (including phenoxy) is 1. The van der Waals surface area contributed by atoms with Gasteiger partial charge < -0.3 is 4.74 Å². The Morgan fingerprint density at radius 1 is 1.07 bits per heavy atom. The highest BCUT2D eigenvalue weighted by Gasteiger charge is 2.39. The molecule has 1 aliphatic rings. The fourth-order valence-corrected chi connectivity index (χ4v) is 4.87. The summed E-state index contributed by atoms with van der Waals surface area (Å²) in [6, 6.07) is 14.2. The topological polar surface area (TPSA) is 89.5 Å². The van der Waals surface area contributed by atoms with Crippen LogP contribution in [0.3, 0.4) is 0 Å². The Morgan fingerprint density at radius 3 is 2.40 bits per heavy atom. The van der Waals surface area contributed by atoms with Gasteiger partial charge in [0.25, 0.3) is 0 Å². The van der Waals surface area contributed by atoms with Gasteiger partial charge in [0.05, 0.1) is 28.2 Å². The molecule has 0 N–H and O–H groups in total. The highest BCUT2D eigenvalue weighted by Crippen LogP contribution is 2.27. The molecule has 0 saturated carbocycles. The Kier molecular flexibility index (Phi) is 5.53. The molecule has 1 aromatic heterocycles. The fourth-order valence-electron chi connectivity index (χ4n) is 3.66. The third kappa shape index (κ3) is 3.93. The zero-order valence-corrected chi connectivity index (χ0v) is 17.7. The Bertz CT molecular complexity index is 1210. The number of benzene rings is 2. The molecule has 156 valence electrons. The number of fused-ring (bicyclic) bond motifs is 2. The van der Waals surface area contributed by atoms with E-state index in [1.54, 1.807) is 6.92 Å². The summed E-state index contributed by atoms with van der Waals surface area (Å²) in [6.07, 6.45) is 0.288. The van der Waals surface area contributed by atoms with Crippen molar-refractivity contribution in [1.29, 1.82) is 0 Å². The molecule has 2 heterocycles. The number of aromatic nitrogens is 2. The van der Waals surface area contributed by atoms with Gasteiger partial charge in [-0.2, -0.15) is 4.31 Å². The van der Waals surface area contributed by atoms with E-state index in [9.17, 15) is 13.2 Å². The average molecular weight is 426 g/mol.